The minimum atomic E-state index is -0.250. The van der Waals surface area contributed by atoms with Crippen LogP contribution in [-0.4, -0.2) is 30.8 Å². The summed E-state index contributed by atoms with van der Waals surface area (Å²) in [7, 11) is 2.97. The van der Waals surface area contributed by atoms with Crippen LogP contribution in [0.2, 0.25) is 0 Å². The fourth-order valence-corrected chi connectivity index (χ4v) is 1.41. The van der Waals surface area contributed by atoms with Gasteiger partial charge in [0, 0.05) is 0 Å². The number of fused-ring (bicyclic) bond motifs is 1. The second-order valence-electron chi connectivity index (χ2n) is 3.37. The Balaban J connectivity index is -0.000000117. The van der Waals surface area contributed by atoms with Gasteiger partial charge in [-0.1, -0.05) is 6.07 Å². The molecule has 0 saturated heterocycles. The summed E-state index contributed by atoms with van der Waals surface area (Å²) in [6, 6.07) is 14.7. The van der Waals surface area contributed by atoms with Crippen molar-refractivity contribution in [2.75, 3.05) is 0 Å². The van der Waals surface area contributed by atoms with Crippen LogP contribution in [0.15, 0.2) is 60.7 Å². The maximum atomic E-state index is 8.36. The minimum Gasteiger partial charge on any atom is -0.168 e. The first-order chi connectivity index (χ1) is 10.8. The molecule has 2 radical (unpaired) electrons. The normalized spacial score (nSPS) is 8.62. The van der Waals surface area contributed by atoms with Gasteiger partial charge in [0.15, 0.2) is 0 Å². The Labute approximate surface area is 158 Å². The van der Waals surface area contributed by atoms with E-state index in [0.717, 1.165) is 6.42 Å². The summed E-state index contributed by atoms with van der Waals surface area (Å²) in [4.78, 5) is 16.7. The van der Waals surface area contributed by atoms with Crippen molar-refractivity contribution in [2.24, 2.45) is 0 Å². The molecule has 0 bridgehead atoms. The van der Waals surface area contributed by atoms with Crippen LogP contribution in [0.3, 0.4) is 0 Å². The van der Waals surface area contributed by atoms with E-state index in [1.54, 1.807) is 19.2 Å². The fraction of sp³-hybridized carbons (Fsp3) is 0.0556. The Morgan fingerprint density at radius 2 is 1.62 bits per heavy atom. The van der Waals surface area contributed by atoms with Crippen LogP contribution in [0, 0.1) is 20.9 Å². The monoisotopic (exact) mass is 378 g/mol. The molecule has 0 spiro atoms. The predicted molar refractivity (Wildman–Crippen MR) is 97.1 cm³/mol. The number of hydrogen-bond donors (Lipinski definition) is 2. The summed E-state index contributed by atoms with van der Waals surface area (Å²) >= 11 is 1.81. The molecule has 130 valence electrons. The number of carbonyl (C=O) groups is 2. The van der Waals surface area contributed by atoms with Gasteiger partial charge in [-0.3, -0.25) is 15.7 Å². The van der Waals surface area contributed by atoms with E-state index in [1.807, 2.05) is 12.2 Å². The van der Waals surface area contributed by atoms with Crippen molar-refractivity contribution in [3.63, 3.8) is 0 Å². The summed E-state index contributed by atoms with van der Waals surface area (Å²) < 4.78 is 0. The first-order valence-corrected chi connectivity index (χ1v) is 8.87. The van der Waals surface area contributed by atoms with Gasteiger partial charge in [0.2, 0.25) is 0 Å². The molecular weight excluding hydrogens is 356 g/mol. The van der Waals surface area contributed by atoms with Gasteiger partial charge in [-0.05, 0) is 0 Å². The van der Waals surface area contributed by atoms with E-state index in [9.17, 15) is 0 Å². The van der Waals surface area contributed by atoms with E-state index in [0.29, 0.717) is 0 Å². The first kappa shape index (κ1) is 30.1. The Morgan fingerprint density at radius 3 is 2.00 bits per heavy atom. The van der Waals surface area contributed by atoms with Gasteiger partial charge in [-0.2, -0.15) is 23.6 Å². The average Bonchev–Trinajstić information content (AvgIpc) is 3.25. The maximum absolute atomic E-state index is 8.36. The summed E-state index contributed by atoms with van der Waals surface area (Å²) in [5.74, 6) is 0. The van der Waals surface area contributed by atoms with Crippen LogP contribution in [0.1, 0.15) is 6.42 Å². The summed E-state index contributed by atoms with van der Waals surface area (Å²) in [6.45, 7) is -0.500. The number of hydrogen-bond acceptors (Lipinski definition) is 2. The quantitative estimate of drug-likeness (QED) is 0.416. The van der Waals surface area contributed by atoms with Crippen molar-refractivity contribution < 1.29 is 39.0 Å². The van der Waals surface area contributed by atoms with E-state index in [-0.39, 0.29) is 27.8 Å². The van der Waals surface area contributed by atoms with Gasteiger partial charge in [-0.25, -0.2) is 12.2 Å². The van der Waals surface area contributed by atoms with Gasteiger partial charge in [0.05, 0.1) is 0 Å². The Kier molecular flexibility index (Phi) is 32.7. The van der Waals surface area contributed by atoms with Crippen molar-refractivity contribution in [3.8, 4) is 0 Å². The minimum absolute atomic E-state index is 0. The number of allylic oxidation sites excluding steroid dienone is 4. The Morgan fingerprint density at radius 1 is 1.08 bits per heavy atom. The average molecular weight is 378 g/mol. The Hall–Kier alpha value is -1.82. The molecule has 0 unspecified atom stereocenters. The third kappa shape index (κ3) is 18.2. The topological polar surface area (TPSA) is 74.6 Å². The Bertz CT molecular complexity index is 519. The van der Waals surface area contributed by atoms with E-state index in [1.165, 1.54) is 10.8 Å². The molecule has 0 amide bonds. The molecule has 1 aliphatic carbocycles. The molecular formula is C18H22O4SiTi-4. The van der Waals surface area contributed by atoms with Crippen LogP contribution in [-0.2, 0) is 28.8 Å². The number of carboxylic acid groups (broad SMARTS) is 2. The zero-order valence-corrected chi connectivity index (χ0v) is 16.4. The SMILES string of the molecule is O=CO.O=CO.[C-]1=CC=CC1.[CH3-].[CH3-].[Si]=[Ti].c1ccc2[cH-]ccc2c1. The van der Waals surface area contributed by atoms with Gasteiger partial charge in [0.25, 0.3) is 12.9 Å². The zero-order valence-electron chi connectivity index (χ0n) is 13.8. The van der Waals surface area contributed by atoms with Gasteiger partial charge in [-0.15, -0.1) is 36.1 Å². The number of rotatable bonds is 0. The maximum Gasteiger partial charge on any atom is -0.0809 e. The molecule has 0 atom stereocenters. The molecule has 1 aliphatic rings. The van der Waals surface area contributed by atoms with Gasteiger partial charge < -0.3 is 25.1 Å². The van der Waals surface area contributed by atoms with Crippen LogP contribution in [0.25, 0.3) is 10.8 Å². The van der Waals surface area contributed by atoms with Crippen LogP contribution in [0.4, 0.5) is 0 Å². The van der Waals surface area contributed by atoms with Crippen LogP contribution in [0.5, 0.6) is 0 Å². The van der Waals surface area contributed by atoms with Gasteiger partial charge in [0.1, 0.15) is 0 Å². The molecule has 4 nitrogen and oxygen atoms in total. The third-order valence-electron chi connectivity index (χ3n) is 2.13. The zero-order chi connectivity index (χ0) is 17.1. The van der Waals surface area contributed by atoms with Crippen LogP contribution >= 0.6 is 0 Å². The summed E-state index contributed by atoms with van der Waals surface area (Å²) in [5, 5.41) is 16.4. The fourth-order valence-electron chi connectivity index (χ4n) is 1.41. The molecule has 0 aliphatic heterocycles. The molecule has 2 N–H and O–H groups in total. The van der Waals surface area contributed by atoms with Gasteiger partial charge >= 0.3 is 26.8 Å². The second kappa shape index (κ2) is 26.1. The standard InChI is InChI=1S/C9H7.C5H5.2CH2O2.2CH3.Si.Ti/c1-2-5-9-7-3-6-8(9)4-1;1-2-4-5-3-1;2*2-1-3;;;;/h1-7H;1-3H,4H2;2*1H,(H,2,3);2*1H3;;/q2*-1;;;2*-1;;. The number of benzene rings is 1. The molecule has 0 heterocycles. The second-order valence-corrected chi connectivity index (χ2v) is 3.37. The molecule has 0 aromatic heterocycles. The van der Waals surface area contributed by atoms with Crippen molar-refractivity contribution in [3.05, 3.63) is 81.6 Å². The van der Waals surface area contributed by atoms with E-state index in [2.05, 4.69) is 62.2 Å². The van der Waals surface area contributed by atoms with Crippen molar-refractivity contribution in [1.29, 1.82) is 0 Å². The van der Waals surface area contributed by atoms with Crippen molar-refractivity contribution in [2.45, 2.75) is 6.42 Å². The summed E-state index contributed by atoms with van der Waals surface area (Å²) in [5.41, 5.74) is 0. The van der Waals surface area contributed by atoms with E-state index >= 15 is 0 Å². The van der Waals surface area contributed by atoms with Crippen molar-refractivity contribution >= 4 is 31.3 Å². The van der Waals surface area contributed by atoms with E-state index < -0.39 is 0 Å². The van der Waals surface area contributed by atoms with E-state index in [4.69, 9.17) is 19.8 Å². The molecule has 2 aromatic rings. The molecule has 3 rings (SSSR count). The first-order valence-electron chi connectivity index (χ1n) is 6.03. The van der Waals surface area contributed by atoms with Crippen LogP contribution < -0.4 is 0 Å². The molecule has 0 saturated carbocycles. The third-order valence-corrected chi connectivity index (χ3v) is 2.13. The predicted octanol–water partition coefficient (Wildman–Crippen LogP) is 3.78. The summed E-state index contributed by atoms with van der Waals surface area (Å²) in [6.07, 6.45) is 10.0. The molecule has 2 aromatic carbocycles. The smallest absolute Gasteiger partial charge is 0.0809 e. The molecule has 24 heavy (non-hydrogen) atoms. The largest absolute Gasteiger partial charge is 0.168 e. The van der Waals surface area contributed by atoms with Crippen molar-refractivity contribution in [1.82, 2.24) is 0 Å². The molecule has 0 fully saturated rings. The molecule has 6 heteroatoms.